The van der Waals surface area contributed by atoms with Crippen molar-refractivity contribution >= 4 is 45.8 Å². The molecule has 4 rings (SSSR count). The van der Waals surface area contributed by atoms with E-state index in [0.29, 0.717) is 22.8 Å². The van der Waals surface area contributed by atoms with Crippen molar-refractivity contribution in [2.75, 3.05) is 12.4 Å². The minimum atomic E-state index is -4.78. The highest BCUT2D eigenvalue weighted by atomic mass is 35.5. The number of fused-ring (bicyclic) bond motifs is 1. The molecule has 0 amide bonds. The van der Waals surface area contributed by atoms with Crippen LogP contribution in [0.25, 0.3) is 10.9 Å². The van der Waals surface area contributed by atoms with E-state index in [2.05, 4.69) is 15.4 Å². The van der Waals surface area contributed by atoms with Crippen LogP contribution in [0.4, 0.5) is 24.5 Å². The second-order valence-electron chi connectivity index (χ2n) is 7.46. The summed E-state index contributed by atoms with van der Waals surface area (Å²) in [6, 6.07) is 17.9. The maximum Gasteiger partial charge on any atom is 0.573 e. The highest BCUT2D eigenvalue weighted by Gasteiger charge is 2.32. The molecule has 4 nitrogen and oxygen atoms in total. The monoisotopic (exact) mass is 491 g/mol. The molecule has 0 unspecified atom stereocenters. The van der Waals surface area contributed by atoms with Gasteiger partial charge in [-0.1, -0.05) is 29.8 Å². The van der Waals surface area contributed by atoms with Crippen molar-refractivity contribution in [1.29, 1.82) is 0 Å². The summed E-state index contributed by atoms with van der Waals surface area (Å²) in [5.74, 6) is -0.276. The molecular formula is C24H21ClF3N3OS. The Morgan fingerprint density at radius 1 is 1.06 bits per heavy atom. The van der Waals surface area contributed by atoms with Crippen molar-refractivity contribution in [2.45, 2.75) is 24.7 Å². The van der Waals surface area contributed by atoms with Crippen LogP contribution in [-0.4, -0.2) is 17.4 Å². The summed E-state index contributed by atoms with van der Waals surface area (Å²) in [5.41, 5.74) is 3.55. The predicted octanol–water partition coefficient (Wildman–Crippen LogP) is 7.52. The molecule has 9 heteroatoms. The lowest BCUT2D eigenvalue weighted by atomic mass is 10.1. The number of nitrogens with one attached hydrogen (secondary N) is 2. The summed E-state index contributed by atoms with van der Waals surface area (Å²) in [6.07, 6.45) is -2.74. The summed E-state index contributed by atoms with van der Waals surface area (Å²) in [6.45, 7) is 2.39. The maximum absolute atomic E-state index is 12.9. The SMILES string of the molecule is CNCc1cn(Sc2cccc(Cl)c2)c2cc(Nc3ccc(C)cc3OC(F)(F)F)ccc12. The molecule has 0 saturated carbocycles. The standard InChI is InChI=1S/C24H21ClF3N3OS/c1-15-6-9-21(23(10-15)32-24(26,27)28)30-18-7-8-20-16(13-29-2)14-31(22(20)12-18)33-19-5-3-4-17(25)11-19/h3-12,14,29-30H,13H2,1-2H3. The predicted molar refractivity (Wildman–Crippen MR) is 129 cm³/mol. The van der Waals surface area contributed by atoms with Crippen molar-refractivity contribution in [3.05, 3.63) is 83.0 Å². The smallest absolute Gasteiger partial charge is 0.404 e. The molecule has 2 N–H and O–H groups in total. The minimum Gasteiger partial charge on any atom is -0.404 e. The number of hydrogen-bond donors (Lipinski definition) is 2. The number of alkyl halides is 3. The van der Waals surface area contributed by atoms with E-state index in [-0.39, 0.29) is 11.4 Å². The number of anilines is 2. The largest absolute Gasteiger partial charge is 0.573 e. The fraction of sp³-hybridized carbons (Fsp3) is 0.167. The average molecular weight is 492 g/mol. The summed E-state index contributed by atoms with van der Waals surface area (Å²) in [4.78, 5) is 0.966. The van der Waals surface area contributed by atoms with Gasteiger partial charge in [-0.3, -0.25) is 3.97 Å². The van der Waals surface area contributed by atoms with Crippen LogP contribution in [0, 0.1) is 6.92 Å². The van der Waals surface area contributed by atoms with E-state index in [0.717, 1.165) is 21.4 Å². The van der Waals surface area contributed by atoms with Crippen LogP contribution >= 0.6 is 23.5 Å². The van der Waals surface area contributed by atoms with Gasteiger partial charge in [-0.05, 0) is 79.5 Å². The number of hydrogen-bond acceptors (Lipinski definition) is 4. The van der Waals surface area contributed by atoms with Gasteiger partial charge in [0.2, 0.25) is 0 Å². The molecular weight excluding hydrogens is 471 g/mol. The first kappa shape index (κ1) is 23.4. The van der Waals surface area contributed by atoms with Gasteiger partial charge in [0, 0.05) is 33.7 Å². The zero-order chi connectivity index (χ0) is 23.6. The lowest BCUT2D eigenvalue weighted by Crippen LogP contribution is -2.18. The Morgan fingerprint density at radius 3 is 2.61 bits per heavy atom. The van der Waals surface area contributed by atoms with Gasteiger partial charge >= 0.3 is 6.36 Å². The van der Waals surface area contributed by atoms with Crippen LogP contribution in [0.1, 0.15) is 11.1 Å². The van der Waals surface area contributed by atoms with Gasteiger partial charge in [0.05, 0.1) is 11.2 Å². The highest BCUT2D eigenvalue weighted by molar-refractivity contribution is 7.98. The minimum absolute atomic E-state index is 0.230. The van der Waals surface area contributed by atoms with E-state index in [1.165, 1.54) is 18.0 Å². The molecule has 4 aromatic rings. The first-order valence-electron chi connectivity index (χ1n) is 10.1. The number of halogens is 4. The van der Waals surface area contributed by atoms with Crippen molar-refractivity contribution in [1.82, 2.24) is 9.29 Å². The molecule has 0 spiro atoms. The number of aryl methyl sites for hydroxylation is 1. The highest BCUT2D eigenvalue weighted by Crippen LogP contribution is 2.36. The normalized spacial score (nSPS) is 11.7. The lowest BCUT2D eigenvalue weighted by molar-refractivity contribution is -0.274. The average Bonchev–Trinajstić information content (AvgIpc) is 3.06. The van der Waals surface area contributed by atoms with Gasteiger partial charge in [0.1, 0.15) is 0 Å². The summed E-state index contributed by atoms with van der Waals surface area (Å²) < 4.78 is 44.9. The van der Waals surface area contributed by atoms with E-state index in [4.69, 9.17) is 11.6 Å². The Labute approximate surface area is 198 Å². The molecule has 0 saturated heterocycles. The Balaban J connectivity index is 1.72. The van der Waals surface area contributed by atoms with Gasteiger partial charge in [-0.15, -0.1) is 13.2 Å². The third-order valence-corrected chi connectivity index (χ3v) is 6.06. The molecule has 172 valence electrons. The number of nitrogens with zero attached hydrogens (tertiary/aromatic N) is 1. The Hall–Kier alpha value is -2.81. The molecule has 0 aliphatic heterocycles. The van der Waals surface area contributed by atoms with Gasteiger partial charge in [-0.2, -0.15) is 0 Å². The third-order valence-electron chi connectivity index (χ3n) is 4.86. The second kappa shape index (κ2) is 9.59. The van der Waals surface area contributed by atoms with E-state index in [9.17, 15) is 13.2 Å². The molecule has 0 radical (unpaired) electrons. The van der Waals surface area contributed by atoms with Gasteiger partial charge < -0.3 is 15.4 Å². The fourth-order valence-electron chi connectivity index (χ4n) is 3.49. The van der Waals surface area contributed by atoms with Crippen LogP contribution in [0.3, 0.4) is 0 Å². The van der Waals surface area contributed by atoms with E-state index in [1.807, 2.05) is 59.7 Å². The Morgan fingerprint density at radius 2 is 1.88 bits per heavy atom. The summed E-state index contributed by atoms with van der Waals surface area (Å²) in [5, 5.41) is 7.93. The molecule has 3 aromatic carbocycles. The molecule has 1 aromatic heterocycles. The number of rotatable bonds is 7. The quantitative estimate of drug-likeness (QED) is 0.280. The first-order valence-corrected chi connectivity index (χ1v) is 11.2. The lowest BCUT2D eigenvalue weighted by Gasteiger charge is -2.16. The van der Waals surface area contributed by atoms with Crippen LogP contribution in [-0.2, 0) is 6.54 Å². The zero-order valence-electron chi connectivity index (χ0n) is 17.8. The Kier molecular flexibility index (Phi) is 6.78. The Bertz CT molecular complexity index is 1290. The molecule has 0 atom stereocenters. The van der Waals surface area contributed by atoms with Crippen molar-refractivity contribution in [3.63, 3.8) is 0 Å². The number of ether oxygens (including phenoxy) is 1. The van der Waals surface area contributed by atoms with Gasteiger partial charge in [0.25, 0.3) is 0 Å². The molecule has 0 aliphatic carbocycles. The van der Waals surface area contributed by atoms with Crippen LogP contribution in [0.5, 0.6) is 5.75 Å². The van der Waals surface area contributed by atoms with Crippen LogP contribution in [0.15, 0.2) is 71.8 Å². The van der Waals surface area contributed by atoms with E-state index < -0.39 is 6.36 Å². The number of benzene rings is 3. The zero-order valence-corrected chi connectivity index (χ0v) is 19.4. The van der Waals surface area contributed by atoms with E-state index in [1.54, 1.807) is 19.1 Å². The molecule has 1 heterocycles. The maximum atomic E-state index is 12.9. The third kappa shape index (κ3) is 5.76. The summed E-state index contributed by atoms with van der Waals surface area (Å²) >= 11 is 7.65. The van der Waals surface area contributed by atoms with Gasteiger partial charge in [-0.25, -0.2) is 0 Å². The van der Waals surface area contributed by atoms with Crippen molar-refractivity contribution in [2.24, 2.45) is 0 Å². The molecule has 0 aliphatic rings. The first-order chi connectivity index (χ1) is 15.7. The van der Waals surface area contributed by atoms with E-state index >= 15 is 0 Å². The fourth-order valence-corrected chi connectivity index (χ4v) is 4.72. The van der Waals surface area contributed by atoms with Crippen LogP contribution < -0.4 is 15.4 Å². The second-order valence-corrected chi connectivity index (χ2v) is 8.95. The number of aromatic nitrogens is 1. The van der Waals surface area contributed by atoms with Crippen LogP contribution in [0.2, 0.25) is 5.02 Å². The van der Waals surface area contributed by atoms with Crippen molar-refractivity contribution in [3.8, 4) is 5.75 Å². The topological polar surface area (TPSA) is 38.2 Å². The molecule has 33 heavy (non-hydrogen) atoms. The molecule has 0 bridgehead atoms. The summed E-state index contributed by atoms with van der Waals surface area (Å²) in [7, 11) is 1.88. The molecule has 0 fully saturated rings. The van der Waals surface area contributed by atoms with Crippen molar-refractivity contribution < 1.29 is 17.9 Å². The van der Waals surface area contributed by atoms with Gasteiger partial charge in [0.15, 0.2) is 5.75 Å².